The van der Waals surface area contributed by atoms with Gasteiger partial charge in [-0.05, 0) is 26.1 Å². The van der Waals surface area contributed by atoms with E-state index in [0.29, 0.717) is 11.5 Å². The minimum absolute atomic E-state index is 0.136. The van der Waals surface area contributed by atoms with Crippen LogP contribution in [0.15, 0.2) is 33.6 Å². The molecule has 0 bridgehead atoms. The van der Waals surface area contributed by atoms with Gasteiger partial charge in [0.2, 0.25) is 0 Å². The summed E-state index contributed by atoms with van der Waals surface area (Å²) in [5.74, 6) is 0.418. The summed E-state index contributed by atoms with van der Waals surface area (Å²) in [5.41, 5.74) is 0.578. The zero-order valence-electron chi connectivity index (χ0n) is 9.06. The number of rotatable bonds is 2. The van der Waals surface area contributed by atoms with Crippen LogP contribution in [0.25, 0.3) is 0 Å². The number of anilines is 1. The number of sulfonamides is 1. The van der Waals surface area contributed by atoms with Gasteiger partial charge in [0, 0.05) is 0 Å². The van der Waals surface area contributed by atoms with E-state index in [1.165, 1.54) is 0 Å². The van der Waals surface area contributed by atoms with E-state index in [4.69, 9.17) is 0 Å². The van der Waals surface area contributed by atoms with Crippen LogP contribution in [0.2, 0.25) is 0 Å². The normalized spacial score (nSPS) is 19.2. The number of amidine groups is 1. The van der Waals surface area contributed by atoms with Crippen molar-refractivity contribution in [1.29, 1.82) is 0 Å². The summed E-state index contributed by atoms with van der Waals surface area (Å²) >= 11 is 0. The molecular formula is C10H13N3O2S. The molecule has 0 aromatic heterocycles. The maximum Gasteiger partial charge on any atom is 0.286 e. The number of para-hydroxylation sites is 1. The molecule has 0 saturated carbocycles. The van der Waals surface area contributed by atoms with Crippen molar-refractivity contribution in [2.75, 3.05) is 12.4 Å². The molecule has 1 atom stereocenters. The van der Waals surface area contributed by atoms with Crippen molar-refractivity contribution in [3.63, 3.8) is 0 Å². The van der Waals surface area contributed by atoms with Gasteiger partial charge in [0.15, 0.2) is 0 Å². The summed E-state index contributed by atoms with van der Waals surface area (Å²) in [4.78, 5) is 0.224. The number of fused-ring (bicyclic) bond motifs is 1. The van der Waals surface area contributed by atoms with Gasteiger partial charge in [-0.2, -0.15) is 8.42 Å². The van der Waals surface area contributed by atoms with E-state index in [9.17, 15) is 8.42 Å². The fourth-order valence-corrected chi connectivity index (χ4v) is 2.67. The molecule has 1 heterocycles. The topological polar surface area (TPSA) is 70.6 Å². The molecule has 0 spiro atoms. The Kier molecular flexibility index (Phi) is 2.69. The second-order valence-corrected chi connectivity index (χ2v) is 5.16. The minimum Gasteiger partial charge on any atom is -0.341 e. The first kappa shape index (κ1) is 11.1. The van der Waals surface area contributed by atoms with Crippen molar-refractivity contribution in [3.8, 4) is 0 Å². The Morgan fingerprint density at radius 3 is 2.75 bits per heavy atom. The van der Waals surface area contributed by atoms with Crippen LogP contribution >= 0.6 is 0 Å². The van der Waals surface area contributed by atoms with Gasteiger partial charge in [0.05, 0.1) is 11.7 Å². The standard InChI is InChI=1S/C10H13N3O2S/c1-7(11-2)10-12-8-5-3-4-6-9(8)16(14,15)13-10/h3-7,11H,1-2H3,(H,12,13)/t7-/m1/s1. The third-order valence-electron chi connectivity index (χ3n) is 2.49. The fourth-order valence-electron chi connectivity index (χ4n) is 1.46. The Labute approximate surface area is 94.6 Å². The number of nitrogens with zero attached hydrogens (tertiary/aromatic N) is 1. The lowest BCUT2D eigenvalue weighted by molar-refractivity contribution is 0.597. The average molecular weight is 239 g/mol. The molecule has 0 saturated heterocycles. The first-order valence-corrected chi connectivity index (χ1v) is 6.37. The summed E-state index contributed by atoms with van der Waals surface area (Å²) in [6, 6.07) is 6.60. The molecule has 1 aromatic carbocycles. The molecule has 6 heteroatoms. The quantitative estimate of drug-likeness (QED) is 0.801. The van der Waals surface area contributed by atoms with Crippen LogP contribution in [0.1, 0.15) is 6.92 Å². The van der Waals surface area contributed by atoms with Gasteiger partial charge >= 0.3 is 0 Å². The van der Waals surface area contributed by atoms with E-state index >= 15 is 0 Å². The summed E-state index contributed by atoms with van der Waals surface area (Å²) < 4.78 is 27.4. The number of likely N-dealkylation sites (N-methyl/N-ethyl adjacent to an activating group) is 1. The Balaban J connectivity index is 2.52. The minimum atomic E-state index is -3.56. The predicted molar refractivity (Wildman–Crippen MR) is 63.2 cm³/mol. The molecule has 2 N–H and O–H groups in total. The molecular weight excluding hydrogens is 226 g/mol. The van der Waals surface area contributed by atoms with E-state index in [1.54, 1.807) is 31.3 Å². The van der Waals surface area contributed by atoms with Crippen molar-refractivity contribution in [2.45, 2.75) is 17.9 Å². The molecule has 0 unspecified atom stereocenters. The van der Waals surface area contributed by atoms with Crippen molar-refractivity contribution in [1.82, 2.24) is 5.32 Å². The number of nitrogens with one attached hydrogen (secondary N) is 2. The maximum atomic E-state index is 11.8. The first-order valence-electron chi connectivity index (χ1n) is 4.93. The van der Waals surface area contributed by atoms with Crippen LogP contribution in [0.3, 0.4) is 0 Å². The highest BCUT2D eigenvalue weighted by molar-refractivity contribution is 7.90. The summed E-state index contributed by atoms with van der Waals surface area (Å²) in [6.45, 7) is 1.84. The molecule has 1 aliphatic rings. The van der Waals surface area contributed by atoms with Gasteiger partial charge in [-0.15, -0.1) is 4.40 Å². The fraction of sp³-hybridized carbons (Fsp3) is 0.300. The molecule has 1 aliphatic heterocycles. The van der Waals surface area contributed by atoms with Crippen molar-refractivity contribution >= 4 is 21.5 Å². The number of hydrogen-bond acceptors (Lipinski definition) is 4. The van der Waals surface area contributed by atoms with E-state index in [-0.39, 0.29) is 10.9 Å². The van der Waals surface area contributed by atoms with Crippen molar-refractivity contribution in [3.05, 3.63) is 24.3 Å². The van der Waals surface area contributed by atoms with Gasteiger partial charge in [-0.3, -0.25) is 0 Å². The van der Waals surface area contributed by atoms with Crippen LogP contribution in [-0.2, 0) is 10.0 Å². The molecule has 0 radical (unpaired) electrons. The second-order valence-electron chi connectivity index (χ2n) is 3.58. The van der Waals surface area contributed by atoms with Crippen LogP contribution < -0.4 is 10.6 Å². The Morgan fingerprint density at radius 1 is 1.38 bits per heavy atom. The Bertz CT molecular complexity index is 537. The Hall–Kier alpha value is -1.40. The molecule has 0 amide bonds. The Morgan fingerprint density at radius 2 is 2.06 bits per heavy atom. The summed E-state index contributed by atoms with van der Waals surface area (Å²) in [7, 11) is -1.81. The summed E-state index contributed by atoms with van der Waals surface area (Å²) in [6.07, 6.45) is 0. The maximum absolute atomic E-state index is 11.8. The molecule has 86 valence electrons. The zero-order valence-corrected chi connectivity index (χ0v) is 9.88. The van der Waals surface area contributed by atoms with Gasteiger partial charge in [0.1, 0.15) is 10.7 Å². The van der Waals surface area contributed by atoms with E-state index < -0.39 is 10.0 Å². The van der Waals surface area contributed by atoms with Crippen LogP contribution in [0.5, 0.6) is 0 Å². The van der Waals surface area contributed by atoms with Crippen LogP contribution in [0, 0.1) is 0 Å². The molecule has 5 nitrogen and oxygen atoms in total. The summed E-state index contributed by atoms with van der Waals surface area (Å²) in [5, 5.41) is 5.96. The molecule has 0 aliphatic carbocycles. The largest absolute Gasteiger partial charge is 0.341 e. The van der Waals surface area contributed by atoms with Crippen molar-refractivity contribution < 1.29 is 8.42 Å². The highest BCUT2D eigenvalue weighted by Gasteiger charge is 2.25. The second kappa shape index (κ2) is 3.88. The van der Waals surface area contributed by atoms with Crippen molar-refractivity contribution in [2.24, 2.45) is 4.40 Å². The first-order chi connectivity index (χ1) is 7.54. The predicted octanol–water partition coefficient (Wildman–Crippen LogP) is 0.807. The van der Waals surface area contributed by atoms with Gasteiger partial charge in [-0.1, -0.05) is 12.1 Å². The van der Waals surface area contributed by atoms with E-state index in [2.05, 4.69) is 15.0 Å². The SMILES string of the molecule is CN[C@H](C)C1=NS(=O)(=O)c2ccccc2N1. The highest BCUT2D eigenvalue weighted by atomic mass is 32.2. The van der Waals surface area contributed by atoms with Gasteiger partial charge in [-0.25, -0.2) is 0 Å². The molecule has 1 aromatic rings. The van der Waals surface area contributed by atoms with E-state index in [0.717, 1.165) is 0 Å². The zero-order chi connectivity index (χ0) is 11.8. The third-order valence-corrected chi connectivity index (χ3v) is 3.84. The lowest BCUT2D eigenvalue weighted by Crippen LogP contribution is -2.38. The van der Waals surface area contributed by atoms with Gasteiger partial charge < -0.3 is 10.6 Å². The monoisotopic (exact) mass is 239 g/mol. The van der Waals surface area contributed by atoms with Crippen LogP contribution in [-0.4, -0.2) is 27.3 Å². The highest BCUT2D eigenvalue weighted by Crippen LogP contribution is 2.26. The lowest BCUT2D eigenvalue weighted by atomic mass is 10.2. The van der Waals surface area contributed by atoms with E-state index in [1.807, 2.05) is 6.92 Å². The van der Waals surface area contributed by atoms with Crippen LogP contribution in [0.4, 0.5) is 5.69 Å². The smallest absolute Gasteiger partial charge is 0.286 e. The number of benzene rings is 1. The van der Waals surface area contributed by atoms with Gasteiger partial charge in [0.25, 0.3) is 10.0 Å². The third kappa shape index (κ3) is 1.81. The number of hydrogen-bond donors (Lipinski definition) is 2. The lowest BCUT2D eigenvalue weighted by Gasteiger charge is -2.21. The molecule has 0 fully saturated rings. The average Bonchev–Trinajstić information content (AvgIpc) is 2.27. The molecule has 2 rings (SSSR count). The molecule has 16 heavy (non-hydrogen) atoms.